The summed E-state index contributed by atoms with van der Waals surface area (Å²) in [4.78, 5) is 24.0. The molecule has 0 aliphatic rings. The Bertz CT molecular complexity index is 963. The molecular weight excluding hydrogens is 404 g/mol. The molecule has 0 fully saturated rings. The molecule has 0 spiro atoms. The largest absolute Gasteiger partial charge is 0.507 e. The highest BCUT2D eigenvalue weighted by Gasteiger charge is 2.26. The predicted octanol–water partition coefficient (Wildman–Crippen LogP) is 5.53. The second-order valence-electron chi connectivity index (χ2n) is 10.2. The Morgan fingerprint density at radius 1 is 0.938 bits per heavy atom. The Morgan fingerprint density at radius 2 is 1.50 bits per heavy atom. The van der Waals surface area contributed by atoms with Crippen LogP contribution in [0.3, 0.4) is 0 Å². The molecule has 0 radical (unpaired) electrons. The third kappa shape index (κ3) is 6.49. The Hall–Kier alpha value is -3.02. The molecule has 0 heterocycles. The number of ether oxygens (including phenoxy) is 1. The van der Waals surface area contributed by atoms with Crippen molar-refractivity contribution in [1.82, 2.24) is 0 Å². The average molecular weight is 441 g/mol. The molecule has 0 aromatic heterocycles. The number of benzene rings is 2. The highest BCUT2D eigenvalue weighted by atomic mass is 16.5. The van der Waals surface area contributed by atoms with Crippen molar-refractivity contribution in [1.29, 1.82) is 0 Å². The first-order chi connectivity index (χ1) is 14.7. The molecule has 0 saturated heterocycles. The number of aryl methyl sites for hydroxylation is 1. The van der Waals surface area contributed by atoms with E-state index in [0.29, 0.717) is 29.3 Å². The fourth-order valence-corrected chi connectivity index (χ4v) is 3.54. The van der Waals surface area contributed by atoms with Crippen LogP contribution in [0.1, 0.15) is 71.6 Å². The first kappa shape index (κ1) is 25.2. The fraction of sp³-hybridized carbons (Fsp3) is 0.462. The molecule has 32 heavy (non-hydrogen) atoms. The van der Waals surface area contributed by atoms with Gasteiger partial charge in [0.25, 0.3) is 0 Å². The van der Waals surface area contributed by atoms with E-state index in [1.165, 1.54) is 14.0 Å². The Labute approximate surface area is 191 Å². The summed E-state index contributed by atoms with van der Waals surface area (Å²) >= 11 is 0. The molecule has 2 rings (SSSR count). The zero-order valence-corrected chi connectivity index (χ0v) is 20.5. The van der Waals surface area contributed by atoms with Crippen LogP contribution >= 0.6 is 0 Å². The van der Waals surface area contributed by atoms with Crippen molar-refractivity contribution in [3.05, 3.63) is 47.0 Å². The smallest absolute Gasteiger partial charge is 0.224 e. The van der Waals surface area contributed by atoms with Crippen molar-refractivity contribution in [3.63, 3.8) is 0 Å². The van der Waals surface area contributed by atoms with E-state index in [2.05, 4.69) is 52.2 Å². The number of phenols is 1. The molecule has 0 saturated carbocycles. The lowest BCUT2D eigenvalue weighted by Crippen LogP contribution is -2.18. The summed E-state index contributed by atoms with van der Waals surface area (Å²) in [6, 6.07) is 9.08. The summed E-state index contributed by atoms with van der Waals surface area (Å²) in [7, 11) is 1.53. The van der Waals surface area contributed by atoms with Crippen molar-refractivity contribution in [2.75, 3.05) is 17.7 Å². The highest BCUT2D eigenvalue weighted by Crippen LogP contribution is 2.40. The lowest BCUT2D eigenvalue weighted by molar-refractivity contribution is -0.116. The van der Waals surface area contributed by atoms with Gasteiger partial charge in [-0.1, -0.05) is 53.7 Å². The van der Waals surface area contributed by atoms with Crippen molar-refractivity contribution in [3.8, 4) is 11.5 Å². The summed E-state index contributed by atoms with van der Waals surface area (Å²) in [6.07, 6.45) is 0.803. The quantitative estimate of drug-likeness (QED) is 0.551. The Kier molecular flexibility index (Phi) is 7.60. The van der Waals surface area contributed by atoms with Crippen molar-refractivity contribution >= 4 is 23.2 Å². The van der Waals surface area contributed by atoms with Crippen LogP contribution in [0.25, 0.3) is 0 Å². The molecule has 0 atom stereocenters. The third-order valence-electron chi connectivity index (χ3n) is 5.22. The van der Waals surface area contributed by atoms with Crippen molar-refractivity contribution in [2.45, 2.75) is 72.1 Å². The Morgan fingerprint density at radius 3 is 1.97 bits per heavy atom. The van der Waals surface area contributed by atoms with Crippen LogP contribution in [0.15, 0.2) is 30.3 Å². The minimum atomic E-state index is -0.222. The molecule has 2 aromatic carbocycles. The van der Waals surface area contributed by atoms with Gasteiger partial charge in [-0.15, -0.1) is 0 Å². The molecule has 2 amide bonds. The van der Waals surface area contributed by atoms with Gasteiger partial charge in [-0.05, 0) is 52.1 Å². The predicted molar refractivity (Wildman–Crippen MR) is 130 cm³/mol. The van der Waals surface area contributed by atoms with Crippen molar-refractivity contribution in [2.24, 2.45) is 0 Å². The molecule has 0 aliphatic carbocycles. The number of hydrogen-bond acceptors (Lipinski definition) is 4. The van der Waals surface area contributed by atoms with Crippen LogP contribution in [-0.2, 0) is 26.8 Å². The van der Waals surface area contributed by atoms with Crippen LogP contribution in [0.2, 0.25) is 0 Å². The summed E-state index contributed by atoms with van der Waals surface area (Å²) < 4.78 is 5.33. The van der Waals surface area contributed by atoms with E-state index in [9.17, 15) is 14.7 Å². The molecule has 3 N–H and O–H groups in total. The summed E-state index contributed by atoms with van der Waals surface area (Å²) in [6.45, 7) is 13.8. The van der Waals surface area contributed by atoms with Crippen LogP contribution in [0.4, 0.5) is 11.4 Å². The van der Waals surface area contributed by atoms with Crippen LogP contribution in [0, 0.1) is 0 Å². The molecule has 0 aliphatic heterocycles. The normalized spacial score (nSPS) is 11.8. The van der Waals surface area contributed by atoms with Gasteiger partial charge in [-0.2, -0.15) is 0 Å². The monoisotopic (exact) mass is 440 g/mol. The molecule has 6 nitrogen and oxygen atoms in total. The Balaban J connectivity index is 2.24. The second kappa shape index (κ2) is 9.63. The summed E-state index contributed by atoms with van der Waals surface area (Å²) in [5.41, 5.74) is 3.40. The van der Waals surface area contributed by atoms with Gasteiger partial charge in [-0.3, -0.25) is 9.59 Å². The molecule has 174 valence electrons. The van der Waals surface area contributed by atoms with Crippen LogP contribution < -0.4 is 15.4 Å². The highest BCUT2D eigenvalue weighted by molar-refractivity contribution is 5.95. The summed E-state index contributed by atoms with van der Waals surface area (Å²) in [5.74, 6) is 0.495. The molecule has 0 bridgehead atoms. The summed E-state index contributed by atoms with van der Waals surface area (Å²) in [5, 5.41) is 16.5. The first-order valence-electron chi connectivity index (χ1n) is 10.8. The zero-order chi connectivity index (χ0) is 24.3. The molecular formula is C26H36N2O4. The van der Waals surface area contributed by atoms with Crippen molar-refractivity contribution < 1.29 is 19.4 Å². The van der Waals surface area contributed by atoms with Crippen LogP contribution in [0.5, 0.6) is 11.5 Å². The number of phenolic OH excluding ortho intramolecular Hbond substituents is 1. The molecule has 2 aromatic rings. The van der Waals surface area contributed by atoms with E-state index in [0.717, 1.165) is 16.7 Å². The minimum absolute atomic E-state index is 0.161. The lowest BCUT2D eigenvalue weighted by atomic mass is 9.78. The van der Waals surface area contributed by atoms with E-state index in [1.54, 1.807) is 18.2 Å². The topological polar surface area (TPSA) is 87.7 Å². The third-order valence-corrected chi connectivity index (χ3v) is 5.22. The maximum Gasteiger partial charge on any atom is 0.224 e. The van der Waals surface area contributed by atoms with Gasteiger partial charge in [0, 0.05) is 19.0 Å². The zero-order valence-electron chi connectivity index (χ0n) is 20.5. The lowest BCUT2D eigenvalue weighted by Gasteiger charge is -2.28. The number of carbonyl (C=O) groups is 2. The number of amides is 2. The molecule has 6 heteroatoms. The SMILES string of the molecule is COc1ccc(NC(C)=O)cc1NC(=O)CCc1cc(C(C)(C)C)c(O)c(C(C)(C)C)c1. The molecule has 0 unspecified atom stereocenters. The van der Waals surface area contributed by atoms with Crippen LogP contribution in [-0.4, -0.2) is 24.0 Å². The number of anilines is 2. The fourth-order valence-electron chi connectivity index (χ4n) is 3.54. The number of nitrogens with one attached hydrogen (secondary N) is 2. The second-order valence-corrected chi connectivity index (χ2v) is 10.2. The average Bonchev–Trinajstić information content (AvgIpc) is 2.65. The standard InChI is InChI=1S/C26H36N2O4/c1-16(29)27-18-10-11-22(32-8)21(15-18)28-23(30)12-9-17-13-19(25(2,3)4)24(31)20(14-17)26(5,6)7/h10-11,13-15,31H,9,12H2,1-8H3,(H,27,29)(H,28,30). The van der Waals surface area contributed by atoms with Gasteiger partial charge in [0.2, 0.25) is 11.8 Å². The van der Waals surface area contributed by atoms with E-state index in [-0.39, 0.29) is 29.1 Å². The number of rotatable bonds is 6. The first-order valence-corrected chi connectivity index (χ1v) is 10.8. The van der Waals surface area contributed by atoms with Gasteiger partial charge >= 0.3 is 0 Å². The van der Waals surface area contributed by atoms with E-state index in [1.807, 2.05) is 12.1 Å². The number of methoxy groups -OCH3 is 1. The van der Waals surface area contributed by atoms with Gasteiger partial charge in [0.1, 0.15) is 11.5 Å². The van der Waals surface area contributed by atoms with Gasteiger partial charge < -0.3 is 20.5 Å². The number of carbonyl (C=O) groups excluding carboxylic acids is 2. The van der Waals surface area contributed by atoms with Gasteiger partial charge in [0.15, 0.2) is 0 Å². The van der Waals surface area contributed by atoms with Gasteiger partial charge in [0.05, 0.1) is 12.8 Å². The van der Waals surface area contributed by atoms with Gasteiger partial charge in [-0.25, -0.2) is 0 Å². The number of aromatic hydroxyl groups is 1. The van der Waals surface area contributed by atoms with E-state index >= 15 is 0 Å². The van der Waals surface area contributed by atoms with E-state index in [4.69, 9.17) is 4.74 Å². The number of hydrogen-bond donors (Lipinski definition) is 3. The minimum Gasteiger partial charge on any atom is -0.507 e. The maximum absolute atomic E-state index is 12.7. The van der Waals surface area contributed by atoms with E-state index < -0.39 is 0 Å². The maximum atomic E-state index is 12.7.